The highest BCUT2D eigenvalue weighted by atomic mass is 32.1. The van der Waals surface area contributed by atoms with Crippen LogP contribution in [0.15, 0.2) is 0 Å². The molecule has 0 aliphatic heterocycles. The van der Waals surface area contributed by atoms with E-state index in [9.17, 15) is 0 Å². The van der Waals surface area contributed by atoms with Crippen LogP contribution in [0.5, 0.6) is 0 Å². The van der Waals surface area contributed by atoms with E-state index in [-0.39, 0.29) is 5.54 Å². The summed E-state index contributed by atoms with van der Waals surface area (Å²) >= 11 is 1.82. The van der Waals surface area contributed by atoms with Gasteiger partial charge in [0, 0.05) is 16.3 Å². The first-order valence-electron chi connectivity index (χ1n) is 6.97. The average Bonchev–Trinajstić information content (AvgIpc) is 3.05. The average molecular weight is 267 g/mol. The maximum Gasteiger partial charge on any atom is 0.107 e. The minimum atomic E-state index is -0.253. The van der Waals surface area contributed by atoms with E-state index in [1.54, 1.807) is 0 Å². The van der Waals surface area contributed by atoms with Crippen molar-refractivity contribution in [3.05, 3.63) is 15.6 Å². The molecule has 0 spiro atoms. The van der Waals surface area contributed by atoms with Gasteiger partial charge in [-0.3, -0.25) is 4.90 Å². The van der Waals surface area contributed by atoms with Crippen molar-refractivity contribution in [3.63, 3.8) is 0 Å². The van der Waals surface area contributed by atoms with Crippen LogP contribution in [-0.4, -0.2) is 23.0 Å². The first kappa shape index (κ1) is 14.0. The summed E-state index contributed by atoms with van der Waals surface area (Å²) in [7, 11) is 0. The van der Waals surface area contributed by atoms with Crippen LogP contribution >= 0.6 is 11.3 Å². The molecule has 4 heteroatoms. The Kier molecular flexibility index (Phi) is 4.09. The summed E-state index contributed by atoms with van der Waals surface area (Å²) in [6.45, 7) is 11.7. The van der Waals surface area contributed by atoms with Gasteiger partial charge in [0.25, 0.3) is 0 Å². The summed E-state index contributed by atoms with van der Waals surface area (Å²) in [6.07, 6.45) is 2.58. The van der Waals surface area contributed by atoms with E-state index >= 15 is 0 Å². The highest BCUT2D eigenvalue weighted by molar-refractivity contribution is 7.11. The van der Waals surface area contributed by atoms with Crippen molar-refractivity contribution in [2.24, 2.45) is 5.73 Å². The van der Waals surface area contributed by atoms with Crippen LogP contribution in [0, 0.1) is 0 Å². The predicted molar refractivity (Wildman–Crippen MR) is 77.9 cm³/mol. The second-order valence-electron chi connectivity index (χ2n) is 5.78. The molecule has 2 rings (SSSR count). The number of thiazole rings is 1. The molecule has 1 aliphatic carbocycles. The molecule has 1 saturated carbocycles. The third-order valence-electron chi connectivity index (χ3n) is 3.50. The molecule has 1 aliphatic rings. The molecule has 18 heavy (non-hydrogen) atoms. The van der Waals surface area contributed by atoms with Crippen LogP contribution in [-0.2, 0) is 12.1 Å². The third kappa shape index (κ3) is 3.11. The summed E-state index contributed by atoms with van der Waals surface area (Å²) in [5.41, 5.74) is 7.32. The van der Waals surface area contributed by atoms with Gasteiger partial charge in [0.1, 0.15) is 5.01 Å². The number of hydrogen-bond acceptors (Lipinski definition) is 4. The summed E-state index contributed by atoms with van der Waals surface area (Å²) in [5.74, 6) is 0.685. The van der Waals surface area contributed by atoms with Crippen LogP contribution in [0.1, 0.15) is 62.0 Å². The normalized spacial score (nSPS) is 16.6. The maximum absolute atomic E-state index is 6.29. The van der Waals surface area contributed by atoms with Crippen molar-refractivity contribution in [2.45, 2.75) is 58.5 Å². The van der Waals surface area contributed by atoms with Gasteiger partial charge in [-0.25, -0.2) is 4.98 Å². The van der Waals surface area contributed by atoms with Gasteiger partial charge >= 0.3 is 0 Å². The van der Waals surface area contributed by atoms with Crippen molar-refractivity contribution in [2.75, 3.05) is 13.1 Å². The molecular formula is C14H25N3S. The molecule has 3 nitrogen and oxygen atoms in total. The fourth-order valence-corrected chi connectivity index (χ4v) is 3.39. The van der Waals surface area contributed by atoms with Crippen LogP contribution in [0.2, 0.25) is 0 Å². The summed E-state index contributed by atoms with van der Waals surface area (Å²) in [6, 6.07) is 0. The molecule has 0 bridgehead atoms. The van der Waals surface area contributed by atoms with Gasteiger partial charge in [0.05, 0.1) is 12.2 Å². The largest absolute Gasteiger partial charge is 0.321 e. The standard InChI is InChI=1S/C14H25N3S/c1-5-17(6-2)9-11-16-12(10-7-8-10)13(18-11)14(3,4)15/h10H,5-9,15H2,1-4H3. The molecule has 0 amide bonds. The molecule has 0 aromatic carbocycles. The number of aromatic nitrogens is 1. The second kappa shape index (κ2) is 5.27. The number of nitrogens with zero attached hydrogens (tertiary/aromatic N) is 2. The minimum Gasteiger partial charge on any atom is -0.321 e. The Morgan fingerprint density at radius 1 is 1.33 bits per heavy atom. The first-order valence-corrected chi connectivity index (χ1v) is 7.78. The molecule has 2 N–H and O–H groups in total. The third-order valence-corrected chi connectivity index (χ3v) is 4.90. The van der Waals surface area contributed by atoms with E-state index in [0.717, 1.165) is 19.6 Å². The fraction of sp³-hybridized carbons (Fsp3) is 0.786. The topological polar surface area (TPSA) is 42.2 Å². The van der Waals surface area contributed by atoms with E-state index in [0.29, 0.717) is 5.92 Å². The molecule has 0 radical (unpaired) electrons. The number of rotatable bonds is 6. The number of nitrogens with two attached hydrogens (primary N) is 1. The Morgan fingerprint density at radius 2 is 1.94 bits per heavy atom. The lowest BCUT2D eigenvalue weighted by molar-refractivity contribution is 0.295. The van der Waals surface area contributed by atoms with Crippen LogP contribution in [0.3, 0.4) is 0 Å². The van der Waals surface area contributed by atoms with Gasteiger partial charge in [0.2, 0.25) is 0 Å². The molecule has 1 heterocycles. The van der Waals surface area contributed by atoms with Crippen molar-refractivity contribution in [1.82, 2.24) is 9.88 Å². The Bertz CT molecular complexity index is 398. The predicted octanol–water partition coefficient (Wildman–Crippen LogP) is 3.06. The highest BCUT2D eigenvalue weighted by Crippen LogP contribution is 2.45. The minimum absolute atomic E-state index is 0.253. The summed E-state index contributed by atoms with van der Waals surface area (Å²) in [5, 5.41) is 1.23. The van der Waals surface area contributed by atoms with Gasteiger partial charge in [-0.15, -0.1) is 11.3 Å². The zero-order valence-electron chi connectivity index (χ0n) is 12.0. The molecule has 1 aromatic heterocycles. The van der Waals surface area contributed by atoms with Crippen molar-refractivity contribution in [1.29, 1.82) is 0 Å². The van der Waals surface area contributed by atoms with Gasteiger partial charge in [-0.1, -0.05) is 13.8 Å². The van der Waals surface area contributed by atoms with Crippen molar-refractivity contribution in [3.8, 4) is 0 Å². The molecule has 0 unspecified atom stereocenters. The van der Waals surface area contributed by atoms with Crippen molar-refractivity contribution >= 4 is 11.3 Å². The van der Waals surface area contributed by atoms with E-state index in [1.165, 1.54) is 28.4 Å². The lowest BCUT2D eigenvalue weighted by Gasteiger charge is -2.18. The van der Waals surface area contributed by atoms with Crippen molar-refractivity contribution < 1.29 is 0 Å². The van der Waals surface area contributed by atoms with E-state index in [1.807, 2.05) is 11.3 Å². The smallest absolute Gasteiger partial charge is 0.107 e. The number of hydrogen-bond donors (Lipinski definition) is 1. The summed E-state index contributed by atoms with van der Waals surface area (Å²) in [4.78, 5) is 8.58. The monoisotopic (exact) mass is 267 g/mol. The highest BCUT2D eigenvalue weighted by Gasteiger charge is 2.33. The zero-order chi connectivity index (χ0) is 13.3. The Morgan fingerprint density at radius 3 is 2.39 bits per heavy atom. The second-order valence-corrected chi connectivity index (χ2v) is 6.86. The summed E-state index contributed by atoms with van der Waals surface area (Å²) < 4.78 is 0. The van der Waals surface area contributed by atoms with E-state index in [4.69, 9.17) is 10.7 Å². The van der Waals surface area contributed by atoms with E-state index in [2.05, 4.69) is 32.6 Å². The molecule has 1 aromatic rings. The SMILES string of the molecule is CCN(CC)Cc1nc(C2CC2)c(C(C)(C)N)s1. The van der Waals surface area contributed by atoms with Gasteiger partial charge in [-0.2, -0.15) is 0 Å². The van der Waals surface area contributed by atoms with Gasteiger partial charge < -0.3 is 5.73 Å². The quantitative estimate of drug-likeness (QED) is 0.861. The Hall–Kier alpha value is -0.450. The van der Waals surface area contributed by atoms with E-state index < -0.39 is 0 Å². The lowest BCUT2D eigenvalue weighted by atomic mass is 10.0. The van der Waals surface area contributed by atoms with Gasteiger partial charge in [0.15, 0.2) is 0 Å². The molecule has 1 fully saturated rings. The molecule has 102 valence electrons. The van der Waals surface area contributed by atoms with Crippen LogP contribution < -0.4 is 5.73 Å². The maximum atomic E-state index is 6.29. The first-order chi connectivity index (χ1) is 8.45. The van der Waals surface area contributed by atoms with Crippen LogP contribution in [0.4, 0.5) is 0 Å². The molecule has 0 atom stereocenters. The zero-order valence-corrected chi connectivity index (χ0v) is 12.8. The Labute approximate surface area is 114 Å². The molecule has 0 saturated heterocycles. The van der Waals surface area contributed by atoms with Gasteiger partial charge in [-0.05, 0) is 39.8 Å². The van der Waals surface area contributed by atoms with Crippen LogP contribution in [0.25, 0.3) is 0 Å². The molecular weight excluding hydrogens is 242 g/mol. The Balaban J connectivity index is 2.22. The lowest BCUT2D eigenvalue weighted by Crippen LogP contribution is -2.28. The fourth-order valence-electron chi connectivity index (χ4n) is 2.18.